The zero-order valence-corrected chi connectivity index (χ0v) is 23.9. The minimum absolute atomic E-state index is 0.187. The number of amides is 1. The third-order valence-corrected chi connectivity index (χ3v) is 7.69. The summed E-state index contributed by atoms with van der Waals surface area (Å²) in [6.07, 6.45) is 0. The van der Waals surface area contributed by atoms with Crippen LogP contribution in [0.5, 0.6) is 5.75 Å². The Morgan fingerprint density at radius 3 is 2.54 bits per heavy atom. The minimum Gasteiger partial charge on any atom is -0.489 e. The van der Waals surface area contributed by atoms with Crippen molar-refractivity contribution in [2.45, 2.75) is 45.5 Å². The van der Waals surface area contributed by atoms with Gasteiger partial charge >= 0.3 is 0 Å². The molecule has 0 aliphatic carbocycles. The number of rotatable bonds is 8. The van der Waals surface area contributed by atoms with E-state index in [1.54, 1.807) is 16.4 Å². The van der Waals surface area contributed by atoms with E-state index >= 15 is 0 Å². The number of hydrogen-bond acceptors (Lipinski definition) is 6. The number of carbonyl (C=O) groups excluding carboxylic acids is 1. The van der Waals surface area contributed by atoms with Crippen molar-refractivity contribution in [3.8, 4) is 5.75 Å². The number of aromatic nitrogens is 3. The molecule has 2 N–H and O–H groups in total. The number of benzene rings is 3. The van der Waals surface area contributed by atoms with E-state index in [0.29, 0.717) is 28.3 Å². The maximum atomic E-state index is 13.8. The molecule has 5 rings (SSSR count). The fourth-order valence-corrected chi connectivity index (χ4v) is 5.17. The van der Waals surface area contributed by atoms with Gasteiger partial charge in [0, 0.05) is 16.4 Å². The van der Waals surface area contributed by atoms with Crippen LogP contribution in [0.25, 0.3) is 0 Å². The van der Waals surface area contributed by atoms with Gasteiger partial charge in [-0.1, -0.05) is 66.7 Å². The molecule has 0 fully saturated rings. The van der Waals surface area contributed by atoms with Crippen LogP contribution in [-0.4, -0.2) is 26.4 Å². The number of nitrogens with one attached hydrogen (secondary N) is 2. The Labute approximate surface area is 237 Å². The predicted molar refractivity (Wildman–Crippen MR) is 158 cm³/mol. The predicted octanol–water partition coefficient (Wildman–Crippen LogP) is 7.17. The first-order valence-corrected chi connectivity index (χ1v) is 14.1. The van der Waals surface area contributed by atoms with Gasteiger partial charge in [0.2, 0.25) is 11.1 Å². The van der Waals surface area contributed by atoms with Crippen molar-refractivity contribution in [3.05, 3.63) is 105 Å². The highest BCUT2D eigenvalue weighted by molar-refractivity contribution is 7.99. The first kappa shape index (κ1) is 26.8. The fourth-order valence-electron chi connectivity index (χ4n) is 4.49. The minimum atomic E-state index is -0.463. The van der Waals surface area contributed by atoms with Gasteiger partial charge in [-0.15, -0.1) is 5.10 Å². The van der Waals surface area contributed by atoms with Crippen molar-refractivity contribution in [2.24, 2.45) is 0 Å². The highest BCUT2D eigenvalue weighted by Crippen LogP contribution is 2.37. The molecular weight excluding hydrogens is 530 g/mol. The largest absolute Gasteiger partial charge is 0.489 e. The number of allylic oxidation sites excluding steroid dienone is 1. The Bertz CT molecular complexity index is 1530. The van der Waals surface area contributed by atoms with E-state index in [2.05, 4.69) is 22.5 Å². The van der Waals surface area contributed by atoms with Crippen LogP contribution in [0.2, 0.25) is 5.02 Å². The summed E-state index contributed by atoms with van der Waals surface area (Å²) in [7, 11) is 0. The van der Waals surface area contributed by atoms with Crippen molar-refractivity contribution >= 4 is 40.9 Å². The molecule has 39 heavy (non-hydrogen) atoms. The third kappa shape index (κ3) is 5.82. The molecule has 1 unspecified atom stereocenters. The third-order valence-electron chi connectivity index (χ3n) is 6.72. The highest BCUT2D eigenvalue weighted by atomic mass is 35.5. The van der Waals surface area contributed by atoms with Gasteiger partial charge in [-0.3, -0.25) is 4.79 Å². The quantitative estimate of drug-likeness (QED) is 0.223. The molecule has 1 aromatic heterocycles. The normalized spacial score (nSPS) is 14.5. The second-order valence-electron chi connectivity index (χ2n) is 9.35. The summed E-state index contributed by atoms with van der Waals surface area (Å²) >= 11 is 7.55. The number of thioether (sulfide) groups is 1. The fraction of sp³-hybridized carbons (Fsp3) is 0.233. The van der Waals surface area contributed by atoms with E-state index in [1.165, 1.54) is 0 Å². The first-order chi connectivity index (χ1) is 18.8. The van der Waals surface area contributed by atoms with Crippen molar-refractivity contribution in [1.82, 2.24) is 14.8 Å². The van der Waals surface area contributed by atoms with E-state index in [9.17, 15) is 4.79 Å². The van der Waals surface area contributed by atoms with Gasteiger partial charge in [0.25, 0.3) is 5.91 Å². The zero-order chi connectivity index (χ0) is 27.5. The number of halogens is 1. The second kappa shape index (κ2) is 11.6. The molecule has 0 spiro atoms. The molecule has 1 atom stereocenters. The number of anilines is 2. The van der Waals surface area contributed by atoms with Crippen molar-refractivity contribution in [1.29, 1.82) is 0 Å². The topological polar surface area (TPSA) is 81.1 Å². The van der Waals surface area contributed by atoms with Gasteiger partial charge in [0.15, 0.2) is 0 Å². The van der Waals surface area contributed by atoms with Gasteiger partial charge in [-0.05, 0) is 79.1 Å². The zero-order valence-electron chi connectivity index (χ0n) is 22.3. The van der Waals surface area contributed by atoms with Gasteiger partial charge in [-0.2, -0.15) is 4.98 Å². The van der Waals surface area contributed by atoms with E-state index in [1.807, 2.05) is 87.5 Å². The lowest BCUT2D eigenvalue weighted by Crippen LogP contribution is -2.31. The number of carbonyl (C=O) groups is 1. The molecule has 0 bridgehead atoms. The van der Waals surface area contributed by atoms with E-state index in [4.69, 9.17) is 21.4 Å². The maximum Gasteiger partial charge on any atom is 0.255 e. The molecule has 7 nitrogen and oxygen atoms in total. The molecule has 1 amide bonds. The Kier molecular flexibility index (Phi) is 7.95. The molecule has 1 aliphatic rings. The summed E-state index contributed by atoms with van der Waals surface area (Å²) in [4.78, 5) is 18.5. The van der Waals surface area contributed by atoms with Crippen LogP contribution >= 0.6 is 23.4 Å². The van der Waals surface area contributed by atoms with E-state index in [0.717, 1.165) is 45.1 Å². The summed E-state index contributed by atoms with van der Waals surface area (Å²) in [6.45, 7) is 8.43. The monoisotopic (exact) mass is 559 g/mol. The van der Waals surface area contributed by atoms with Gasteiger partial charge in [0.05, 0.1) is 5.57 Å². The maximum absolute atomic E-state index is 13.8. The van der Waals surface area contributed by atoms with Crippen molar-refractivity contribution in [3.63, 3.8) is 0 Å². The number of nitrogens with zero attached hydrogens (tertiary/aromatic N) is 3. The van der Waals surface area contributed by atoms with Crippen LogP contribution in [0.1, 0.15) is 42.1 Å². The molecule has 0 saturated carbocycles. The number of aryl methyl sites for hydroxylation is 1. The van der Waals surface area contributed by atoms with Gasteiger partial charge < -0.3 is 15.4 Å². The van der Waals surface area contributed by atoms with E-state index in [-0.39, 0.29) is 5.91 Å². The van der Waals surface area contributed by atoms with E-state index < -0.39 is 6.04 Å². The Morgan fingerprint density at radius 1 is 1.08 bits per heavy atom. The molecule has 1 aliphatic heterocycles. The Morgan fingerprint density at radius 2 is 1.82 bits per heavy atom. The van der Waals surface area contributed by atoms with Crippen molar-refractivity contribution < 1.29 is 9.53 Å². The van der Waals surface area contributed by atoms with Crippen LogP contribution in [0.3, 0.4) is 0 Å². The Balaban J connectivity index is 1.46. The smallest absolute Gasteiger partial charge is 0.255 e. The highest BCUT2D eigenvalue weighted by Gasteiger charge is 2.34. The van der Waals surface area contributed by atoms with Gasteiger partial charge in [-0.25, -0.2) is 4.68 Å². The summed E-state index contributed by atoms with van der Waals surface area (Å²) in [5.74, 6) is 2.00. The number of ether oxygens (including phenoxy) is 1. The SMILES string of the molecule is CCSc1nc2n(n1)C(c1ccc(OCc3ccc(Cl)cc3)cc1)C(C(=O)Nc1cccc(C)c1C)=C(C)N2. The molecule has 4 aromatic rings. The lowest BCUT2D eigenvalue weighted by Gasteiger charge is -2.29. The Hall–Kier alpha value is -3.75. The summed E-state index contributed by atoms with van der Waals surface area (Å²) in [5.41, 5.74) is 6.19. The first-order valence-electron chi connectivity index (χ1n) is 12.8. The standard InChI is InChI=1S/C30H30ClN5O2S/c1-5-39-30-34-29-32-20(4)26(28(37)33-25-8-6-7-18(2)19(25)3)27(36(29)35-30)22-11-15-24(16-12-22)38-17-21-9-13-23(31)14-10-21/h6-16,27H,5,17H2,1-4H3,(H,33,37)(H,32,34,35). The average molecular weight is 560 g/mol. The van der Waals surface area contributed by atoms with Crippen LogP contribution in [0, 0.1) is 13.8 Å². The van der Waals surface area contributed by atoms with Crippen molar-refractivity contribution in [2.75, 3.05) is 16.4 Å². The molecular formula is C30H30ClN5O2S. The number of hydrogen-bond donors (Lipinski definition) is 2. The van der Waals surface area contributed by atoms with Crippen LogP contribution in [0.4, 0.5) is 11.6 Å². The molecule has 200 valence electrons. The van der Waals surface area contributed by atoms with Gasteiger partial charge in [0.1, 0.15) is 18.4 Å². The summed E-state index contributed by atoms with van der Waals surface area (Å²) in [6, 6.07) is 20.8. The van der Waals surface area contributed by atoms with Crippen LogP contribution in [0.15, 0.2) is 83.2 Å². The molecule has 0 radical (unpaired) electrons. The molecule has 9 heteroatoms. The van der Waals surface area contributed by atoms with Crippen LogP contribution in [-0.2, 0) is 11.4 Å². The lowest BCUT2D eigenvalue weighted by atomic mass is 9.94. The average Bonchev–Trinajstić information content (AvgIpc) is 3.32. The lowest BCUT2D eigenvalue weighted by molar-refractivity contribution is -0.113. The summed E-state index contributed by atoms with van der Waals surface area (Å²) in [5, 5.41) is 12.5. The van der Waals surface area contributed by atoms with Crippen LogP contribution < -0.4 is 15.4 Å². The molecule has 2 heterocycles. The summed E-state index contributed by atoms with van der Waals surface area (Å²) < 4.78 is 7.79. The molecule has 3 aromatic carbocycles. The molecule has 0 saturated heterocycles. The number of fused-ring (bicyclic) bond motifs is 1. The second-order valence-corrected chi connectivity index (χ2v) is 11.0.